The molecule has 0 fully saturated rings. The fourth-order valence-corrected chi connectivity index (χ4v) is 2.94. The maximum atomic E-state index is 5.91. The van der Waals surface area contributed by atoms with Gasteiger partial charge in [-0.25, -0.2) is 4.98 Å². The highest BCUT2D eigenvalue weighted by atomic mass is 35.5. The van der Waals surface area contributed by atoms with Crippen molar-refractivity contribution in [1.82, 2.24) is 24.5 Å². The lowest BCUT2D eigenvalue weighted by atomic mass is 10.3. The molecule has 0 bridgehead atoms. The van der Waals surface area contributed by atoms with E-state index >= 15 is 0 Å². The SMILES string of the molecule is Clc1nc(NCCc2ccc(Cl)s2)nc(-n2ccnc2)n1. The number of hydrogen-bond acceptors (Lipinski definition) is 6. The Kier molecular flexibility index (Phi) is 4.33. The molecule has 0 aromatic carbocycles. The summed E-state index contributed by atoms with van der Waals surface area (Å²) in [6.07, 6.45) is 5.82. The van der Waals surface area contributed by atoms with E-state index in [0.29, 0.717) is 18.4 Å². The van der Waals surface area contributed by atoms with E-state index in [2.05, 4.69) is 25.3 Å². The van der Waals surface area contributed by atoms with Crippen molar-refractivity contribution in [2.24, 2.45) is 0 Å². The van der Waals surface area contributed by atoms with Crippen LogP contribution in [0.2, 0.25) is 9.62 Å². The third-order valence-electron chi connectivity index (χ3n) is 2.62. The number of anilines is 1. The zero-order chi connectivity index (χ0) is 14.7. The molecule has 0 amide bonds. The van der Waals surface area contributed by atoms with E-state index < -0.39 is 0 Å². The van der Waals surface area contributed by atoms with Gasteiger partial charge in [0.05, 0.1) is 4.34 Å². The fraction of sp³-hybridized carbons (Fsp3) is 0.167. The molecule has 0 saturated carbocycles. The summed E-state index contributed by atoms with van der Waals surface area (Å²) in [5, 5.41) is 3.26. The lowest BCUT2D eigenvalue weighted by Crippen LogP contribution is -2.10. The lowest BCUT2D eigenvalue weighted by Gasteiger charge is -2.06. The lowest BCUT2D eigenvalue weighted by molar-refractivity contribution is 0.885. The first kappa shape index (κ1) is 14.2. The largest absolute Gasteiger partial charge is 0.354 e. The highest BCUT2D eigenvalue weighted by Crippen LogP contribution is 2.21. The van der Waals surface area contributed by atoms with Crippen molar-refractivity contribution in [2.45, 2.75) is 6.42 Å². The molecule has 1 N–H and O–H groups in total. The van der Waals surface area contributed by atoms with Crippen molar-refractivity contribution >= 4 is 40.5 Å². The monoisotopic (exact) mass is 340 g/mol. The highest BCUT2D eigenvalue weighted by Gasteiger charge is 2.06. The number of thiophene rings is 1. The summed E-state index contributed by atoms with van der Waals surface area (Å²) in [5.41, 5.74) is 0. The second kappa shape index (κ2) is 6.38. The molecule has 3 aromatic rings. The van der Waals surface area contributed by atoms with Crippen LogP contribution in [0.5, 0.6) is 0 Å². The number of nitrogens with zero attached hydrogens (tertiary/aromatic N) is 5. The Hall–Kier alpha value is -1.70. The molecule has 3 aromatic heterocycles. The molecule has 3 heterocycles. The van der Waals surface area contributed by atoms with Crippen molar-refractivity contribution in [3.8, 4) is 5.95 Å². The Morgan fingerprint density at radius 2 is 2.10 bits per heavy atom. The molecule has 0 atom stereocenters. The van der Waals surface area contributed by atoms with Crippen LogP contribution in [-0.4, -0.2) is 31.0 Å². The number of hydrogen-bond donors (Lipinski definition) is 1. The van der Waals surface area contributed by atoms with Crippen LogP contribution in [-0.2, 0) is 6.42 Å². The van der Waals surface area contributed by atoms with Crippen LogP contribution in [0.25, 0.3) is 5.95 Å². The van der Waals surface area contributed by atoms with E-state index in [1.807, 2.05) is 12.1 Å². The molecular weight excluding hydrogens is 331 g/mol. The van der Waals surface area contributed by atoms with Crippen LogP contribution in [0.1, 0.15) is 4.88 Å². The van der Waals surface area contributed by atoms with Gasteiger partial charge in [0.1, 0.15) is 6.33 Å². The van der Waals surface area contributed by atoms with Gasteiger partial charge in [-0.05, 0) is 30.2 Å². The molecule has 0 aliphatic rings. The number of nitrogens with one attached hydrogen (secondary N) is 1. The minimum Gasteiger partial charge on any atom is -0.354 e. The van der Waals surface area contributed by atoms with Gasteiger partial charge in [0.25, 0.3) is 0 Å². The van der Waals surface area contributed by atoms with Gasteiger partial charge in [0, 0.05) is 23.8 Å². The minimum absolute atomic E-state index is 0.135. The van der Waals surface area contributed by atoms with E-state index in [0.717, 1.165) is 10.8 Å². The number of aromatic nitrogens is 5. The highest BCUT2D eigenvalue weighted by molar-refractivity contribution is 7.16. The third-order valence-corrected chi connectivity index (χ3v) is 4.07. The summed E-state index contributed by atoms with van der Waals surface area (Å²) in [5.74, 6) is 0.857. The Bertz CT molecular complexity index is 727. The summed E-state index contributed by atoms with van der Waals surface area (Å²) < 4.78 is 2.45. The second-order valence-electron chi connectivity index (χ2n) is 4.08. The van der Waals surface area contributed by atoms with Crippen molar-refractivity contribution in [3.63, 3.8) is 0 Å². The molecule has 21 heavy (non-hydrogen) atoms. The van der Waals surface area contributed by atoms with Gasteiger partial charge in [-0.3, -0.25) is 4.57 Å². The number of imidazole rings is 1. The van der Waals surface area contributed by atoms with Crippen molar-refractivity contribution in [2.75, 3.05) is 11.9 Å². The molecule has 0 aliphatic carbocycles. The van der Waals surface area contributed by atoms with E-state index in [1.165, 1.54) is 4.88 Å². The predicted octanol–water partition coefficient (Wildman–Crippen LogP) is 3.08. The molecule has 0 radical (unpaired) electrons. The van der Waals surface area contributed by atoms with Gasteiger partial charge in [0.15, 0.2) is 0 Å². The van der Waals surface area contributed by atoms with E-state index in [-0.39, 0.29) is 5.28 Å². The summed E-state index contributed by atoms with van der Waals surface area (Å²) in [7, 11) is 0. The average molecular weight is 341 g/mol. The minimum atomic E-state index is 0.135. The molecule has 6 nitrogen and oxygen atoms in total. The van der Waals surface area contributed by atoms with Crippen LogP contribution in [0.4, 0.5) is 5.95 Å². The van der Waals surface area contributed by atoms with Crippen LogP contribution >= 0.6 is 34.5 Å². The summed E-state index contributed by atoms with van der Waals surface area (Å²) in [6, 6.07) is 3.89. The standard InChI is InChI=1S/C12H10Cl2N6S/c13-9-2-1-8(21-9)3-4-16-11-17-10(14)18-12(19-11)20-6-5-15-7-20/h1-2,5-7H,3-4H2,(H,16,17,18,19). The number of halogens is 2. The molecular formula is C12H10Cl2N6S. The summed E-state index contributed by atoms with van der Waals surface area (Å²) >= 11 is 13.4. The van der Waals surface area contributed by atoms with Crippen LogP contribution in [0, 0.1) is 0 Å². The van der Waals surface area contributed by atoms with Gasteiger partial charge < -0.3 is 5.32 Å². The van der Waals surface area contributed by atoms with Gasteiger partial charge in [-0.2, -0.15) is 15.0 Å². The molecule has 0 spiro atoms. The van der Waals surface area contributed by atoms with Gasteiger partial charge in [-0.15, -0.1) is 11.3 Å². The maximum Gasteiger partial charge on any atom is 0.241 e. The Labute approximate surface area is 134 Å². The first-order valence-corrected chi connectivity index (χ1v) is 7.66. The molecule has 3 rings (SSSR count). The Morgan fingerprint density at radius 3 is 2.81 bits per heavy atom. The maximum absolute atomic E-state index is 5.91. The van der Waals surface area contributed by atoms with Gasteiger partial charge in [0.2, 0.25) is 17.2 Å². The van der Waals surface area contributed by atoms with Crippen molar-refractivity contribution < 1.29 is 0 Å². The molecule has 9 heteroatoms. The average Bonchev–Trinajstić information content (AvgIpc) is 3.10. The topological polar surface area (TPSA) is 68.5 Å². The zero-order valence-electron chi connectivity index (χ0n) is 10.7. The van der Waals surface area contributed by atoms with Gasteiger partial charge >= 0.3 is 0 Å². The van der Waals surface area contributed by atoms with Crippen LogP contribution in [0.3, 0.4) is 0 Å². The molecule has 108 valence electrons. The van der Waals surface area contributed by atoms with E-state index in [9.17, 15) is 0 Å². The zero-order valence-corrected chi connectivity index (χ0v) is 13.0. The summed E-state index contributed by atoms with van der Waals surface area (Å²) in [4.78, 5) is 17.6. The molecule has 0 saturated heterocycles. The van der Waals surface area contributed by atoms with Crippen LogP contribution < -0.4 is 5.32 Å². The summed E-state index contributed by atoms with van der Waals surface area (Å²) in [6.45, 7) is 0.681. The van der Waals surface area contributed by atoms with Crippen molar-refractivity contribution in [3.05, 3.63) is 45.4 Å². The predicted molar refractivity (Wildman–Crippen MR) is 83.5 cm³/mol. The Balaban J connectivity index is 1.68. The van der Waals surface area contributed by atoms with Gasteiger partial charge in [-0.1, -0.05) is 11.6 Å². The fourth-order valence-electron chi connectivity index (χ4n) is 1.70. The van der Waals surface area contributed by atoms with Crippen LogP contribution in [0.15, 0.2) is 30.9 Å². The second-order valence-corrected chi connectivity index (χ2v) is 6.22. The quantitative estimate of drug-likeness (QED) is 0.772. The Morgan fingerprint density at radius 1 is 1.19 bits per heavy atom. The van der Waals surface area contributed by atoms with Crippen molar-refractivity contribution in [1.29, 1.82) is 0 Å². The molecule has 0 unspecified atom stereocenters. The normalized spacial score (nSPS) is 10.8. The first-order valence-electron chi connectivity index (χ1n) is 6.09. The third kappa shape index (κ3) is 3.69. The smallest absolute Gasteiger partial charge is 0.241 e. The number of rotatable bonds is 5. The van der Waals surface area contributed by atoms with E-state index in [4.69, 9.17) is 23.2 Å². The first-order chi connectivity index (χ1) is 10.2. The molecule has 0 aliphatic heterocycles. The van der Waals surface area contributed by atoms with E-state index in [1.54, 1.807) is 34.6 Å².